The van der Waals surface area contributed by atoms with E-state index in [1.807, 2.05) is 4.72 Å². The number of fused-ring (bicyclic) bond motifs is 1. The van der Waals surface area contributed by atoms with Crippen molar-refractivity contribution in [1.29, 1.82) is 0 Å². The number of aromatic nitrogens is 2. The number of nitrogens with one attached hydrogen (secondary N) is 1. The van der Waals surface area contributed by atoms with Crippen molar-refractivity contribution in [1.82, 2.24) is 14.5 Å². The van der Waals surface area contributed by atoms with E-state index in [1.165, 1.54) is 0 Å². The van der Waals surface area contributed by atoms with E-state index in [1.54, 1.807) is 18.2 Å². The highest BCUT2D eigenvalue weighted by molar-refractivity contribution is 9.10. The molecule has 0 aliphatic rings. The van der Waals surface area contributed by atoms with Gasteiger partial charge >= 0.3 is 5.97 Å². The van der Waals surface area contributed by atoms with E-state index in [2.05, 4.69) is 21.0 Å². The van der Waals surface area contributed by atoms with Gasteiger partial charge in [0.15, 0.2) is 5.69 Å². The highest BCUT2D eigenvalue weighted by Crippen LogP contribution is 2.23. The fourth-order valence-corrected chi connectivity index (χ4v) is 2.58. The molecule has 1 aromatic carbocycles. The smallest absolute Gasteiger partial charge is 0.325 e. The summed E-state index contributed by atoms with van der Waals surface area (Å²) in [5.41, 5.74) is 0.261. The lowest BCUT2D eigenvalue weighted by molar-refractivity contribution is -0.137. The second-order valence-corrected chi connectivity index (χ2v) is 6.93. The molecule has 112 valence electrons. The Morgan fingerprint density at radius 2 is 2.10 bits per heavy atom. The fraction of sp³-hybridized carbons (Fsp3) is 0.182. The molecule has 2 N–H and O–H groups in total. The van der Waals surface area contributed by atoms with Gasteiger partial charge in [-0.25, -0.2) is 13.1 Å². The van der Waals surface area contributed by atoms with Crippen molar-refractivity contribution in [2.45, 2.75) is 6.54 Å². The first-order chi connectivity index (χ1) is 9.67. The van der Waals surface area contributed by atoms with Gasteiger partial charge in [0.1, 0.15) is 6.54 Å². The maximum absolute atomic E-state index is 12.0. The fourth-order valence-electron chi connectivity index (χ4n) is 1.78. The zero-order valence-corrected chi connectivity index (χ0v) is 13.1. The third-order valence-corrected chi connectivity index (χ3v) is 3.54. The normalized spacial score (nSPS) is 11.5. The first kappa shape index (κ1) is 15.4. The first-order valence-corrected chi connectivity index (χ1v) is 8.26. The highest BCUT2D eigenvalue weighted by Gasteiger charge is 2.20. The van der Waals surface area contributed by atoms with Gasteiger partial charge in [0.05, 0.1) is 11.8 Å². The maximum Gasteiger partial charge on any atom is 0.325 e. The van der Waals surface area contributed by atoms with Gasteiger partial charge < -0.3 is 5.11 Å². The Morgan fingerprint density at radius 3 is 2.67 bits per heavy atom. The van der Waals surface area contributed by atoms with E-state index >= 15 is 0 Å². The summed E-state index contributed by atoms with van der Waals surface area (Å²) < 4.78 is 25.9. The average Bonchev–Trinajstić information content (AvgIpc) is 2.64. The molecule has 0 atom stereocenters. The Kier molecular flexibility index (Phi) is 4.01. The van der Waals surface area contributed by atoms with Crippen LogP contribution in [0.5, 0.6) is 0 Å². The number of sulfonamides is 1. The Morgan fingerprint density at radius 1 is 1.43 bits per heavy atom. The molecule has 2 aromatic rings. The van der Waals surface area contributed by atoms with Gasteiger partial charge in [-0.1, -0.05) is 15.9 Å². The number of nitrogens with zero attached hydrogens (tertiary/aromatic N) is 2. The molecule has 0 fully saturated rings. The van der Waals surface area contributed by atoms with Gasteiger partial charge in [-0.05, 0) is 18.2 Å². The van der Waals surface area contributed by atoms with Crippen LogP contribution in [0.4, 0.5) is 0 Å². The van der Waals surface area contributed by atoms with Crippen LogP contribution in [0.1, 0.15) is 10.5 Å². The second-order valence-electron chi connectivity index (χ2n) is 4.26. The lowest BCUT2D eigenvalue weighted by Gasteiger charge is -1.99. The quantitative estimate of drug-likeness (QED) is 0.806. The lowest BCUT2D eigenvalue weighted by atomic mass is 10.2. The predicted molar refractivity (Wildman–Crippen MR) is 77.4 cm³/mol. The zero-order valence-electron chi connectivity index (χ0n) is 10.7. The predicted octanol–water partition coefficient (Wildman–Crippen LogP) is 0.573. The molecule has 0 saturated carbocycles. The van der Waals surface area contributed by atoms with Crippen LogP contribution >= 0.6 is 15.9 Å². The number of hydrogen-bond donors (Lipinski definition) is 2. The van der Waals surface area contributed by atoms with Crippen molar-refractivity contribution in [3.05, 3.63) is 28.4 Å². The summed E-state index contributed by atoms with van der Waals surface area (Å²) in [6.07, 6.45) is 0.844. The molecule has 0 saturated heterocycles. The molecule has 0 unspecified atom stereocenters. The van der Waals surface area contributed by atoms with Crippen molar-refractivity contribution in [2.24, 2.45) is 0 Å². The zero-order chi connectivity index (χ0) is 15.8. The third-order valence-electron chi connectivity index (χ3n) is 2.49. The molecule has 0 bridgehead atoms. The summed E-state index contributed by atoms with van der Waals surface area (Å²) in [5, 5.41) is 13.1. The minimum atomic E-state index is -3.74. The Labute approximate surface area is 127 Å². The average molecular weight is 376 g/mol. The van der Waals surface area contributed by atoms with Gasteiger partial charge in [0, 0.05) is 9.86 Å². The molecule has 0 aliphatic heterocycles. The number of carbonyl (C=O) groups is 2. The summed E-state index contributed by atoms with van der Waals surface area (Å²) >= 11 is 3.23. The van der Waals surface area contributed by atoms with E-state index in [0.717, 1.165) is 10.9 Å². The Balaban J connectivity index is 2.60. The largest absolute Gasteiger partial charge is 0.480 e. The Hall–Kier alpha value is -1.94. The van der Waals surface area contributed by atoms with Crippen molar-refractivity contribution >= 4 is 48.7 Å². The highest BCUT2D eigenvalue weighted by atomic mass is 79.9. The van der Waals surface area contributed by atoms with Crippen LogP contribution in [0.3, 0.4) is 0 Å². The number of benzene rings is 1. The maximum atomic E-state index is 12.0. The lowest BCUT2D eigenvalue weighted by Crippen LogP contribution is -2.30. The molecule has 2 rings (SSSR count). The molecule has 10 heteroatoms. The van der Waals surface area contributed by atoms with Crippen LogP contribution in [-0.4, -0.2) is 41.4 Å². The topological polar surface area (TPSA) is 118 Å². The summed E-state index contributed by atoms with van der Waals surface area (Å²) in [6, 6.07) is 4.82. The SMILES string of the molecule is CS(=O)(=O)NC(=O)c1nn(CC(=O)O)c2ccc(Br)cc12. The summed E-state index contributed by atoms with van der Waals surface area (Å²) in [6.45, 7) is -0.440. The van der Waals surface area contributed by atoms with Crippen LogP contribution in [0.25, 0.3) is 10.9 Å². The van der Waals surface area contributed by atoms with E-state index in [-0.39, 0.29) is 5.69 Å². The van der Waals surface area contributed by atoms with Crippen LogP contribution in [0.2, 0.25) is 0 Å². The Bertz CT molecular complexity index is 843. The first-order valence-electron chi connectivity index (χ1n) is 5.57. The number of rotatable bonds is 4. The summed E-state index contributed by atoms with van der Waals surface area (Å²) in [7, 11) is -3.74. The van der Waals surface area contributed by atoms with Gasteiger partial charge in [0.25, 0.3) is 5.91 Å². The van der Waals surface area contributed by atoms with Crippen LogP contribution < -0.4 is 4.72 Å². The van der Waals surface area contributed by atoms with Crippen molar-refractivity contribution in [2.75, 3.05) is 6.26 Å². The molecular formula is C11H10BrN3O5S. The molecule has 1 heterocycles. The summed E-state index contributed by atoms with van der Waals surface area (Å²) in [4.78, 5) is 22.8. The van der Waals surface area contributed by atoms with Crippen molar-refractivity contribution in [3.8, 4) is 0 Å². The number of hydrogen-bond acceptors (Lipinski definition) is 5. The molecule has 21 heavy (non-hydrogen) atoms. The molecule has 1 amide bonds. The number of aliphatic carboxylic acids is 1. The van der Waals surface area contributed by atoms with Crippen molar-refractivity contribution < 1.29 is 23.1 Å². The van der Waals surface area contributed by atoms with E-state index < -0.39 is 28.4 Å². The number of carboxylic acid groups (broad SMARTS) is 1. The summed E-state index contributed by atoms with van der Waals surface area (Å²) in [5.74, 6) is -2.04. The monoisotopic (exact) mass is 375 g/mol. The molecule has 0 radical (unpaired) electrons. The second kappa shape index (κ2) is 5.45. The number of carbonyl (C=O) groups excluding carboxylic acids is 1. The third kappa shape index (κ3) is 3.58. The van der Waals surface area contributed by atoms with Gasteiger partial charge in [-0.2, -0.15) is 5.10 Å². The van der Waals surface area contributed by atoms with Crippen LogP contribution in [0, 0.1) is 0 Å². The number of amides is 1. The van der Waals surface area contributed by atoms with Gasteiger partial charge in [0.2, 0.25) is 10.0 Å². The minimum absolute atomic E-state index is 0.155. The van der Waals surface area contributed by atoms with E-state index in [4.69, 9.17) is 5.11 Å². The number of halogens is 1. The molecule has 0 aliphatic carbocycles. The molecule has 0 spiro atoms. The van der Waals surface area contributed by atoms with Crippen molar-refractivity contribution in [3.63, 3.8) is 0 Å². The molecule has 1 aromatic heterocycles. The van der Waals surface area contributed by atoms with Crippen LogP contribution in [0.15, 0.2) is 22.7 Å². The molecule has 8 nitrogen and oxygen atoms in total. The van der Waals surface area contributed by atoms with E-state index in [9.17, 15) is 18.0 Å². The molecular weight excluding hydrogens is 366 g/mol. The van der Waals surface area contributed by atoms with Crippen LogP contribution in [-0.2, 0) is 21.4 Å². The minimum Gasteiger partial charge on any atom is -0.480 e. The van der Waals surface area contributed by atoms with Gasteiger partial charge in [-0.15, -0.1) is 0 Å². The van der Waals surface area contributed by atoms with Gasteiger partial charge in [-0.3, -0.25) is 14.3 Å². The van der Waals surface area contributed by atoms with E-state index in [0.29, 0.717) is 15.4 Å². The standard InChI is InChI=1S/C11H10BrN3O5S/c1-21(19,20)14-11(18)10-7-4-6(12)2-3-8(7)15(13-10)5-9(16)17/h2-4H,5H2,1H3,(H,14,18)(H,16,17). The number of carboxylic acids is 1.